The van der Waals surface area contributed by atoms with Crippen LogP contribution in [-0.2, 0) is 0 Å². The number of anilines is 1. The van der Waals surface area contributed by atoms with Crippen LogP contribution in [0.25, 0.3) is 11.0 Å². The molecular formula is C11H15N3. The van der Waals surface area contributed by atoms with E-state index in [-0.39, 0.29) is 0 Å². The molecule has 2 N–H and O–H groups in total. The highest BCUT2D eigenvalue weighted by molar-refractivity contribution is 5.75. The summed E-state index contributed by atoms with van der Waals surface area (Å²) in [7, 11) is 0. The summed E-state index contributed by atoms with van der Waals surface area (Å²) in [5.41, 5.74) is 8.14. The maximum absolute atomic E-state index is 5.61. The molecule has 14 heavy (non-hydrogen) atoms. The fraction of sp³-hybridized carbons (Fsp3) is 0.273. The number of aromatic nitrogens is 2. The number of hydrogen-bond acceptors (Lipinski definition) is 3. The molecule has 0 saturated heterocycles. The minimum absolute atomic E-state index is 0.508. The molecule has 1 aromatic carbocycles. The molecule has 0 atom stereocenters. The second-order valence-electron chi connectivity index (χ2n) is 2.68. The van der Waals surface area contributed by atoms with Crippen molar-refractivity contribution in [3.05, 3.63) is 30.0 Å². The van der Waals surface area contributed by atoms with Crippen LogP contribution < -0.4 is 5.73 Å². The minimum Gasteiger partial charge on any atom is -0.382 e. The summed E-state index contributed by atoms with van der Waals surface area (Å²) in [5, 5.41) is 0. The zero-order valence-electron chi connectivity index (χ0n) is 8.78. The van der Waals surface area contributed by atoms with Gasteiger partial charge in [0.25, 0.3) is 0 Å². The van der Waals surface area contributed by atoms with Crippen molar-refractivity contribution in [1.82, 2.24) is 9.97 Å². The smallest absolute Gasteiger partial charge is 0.145 e. The maximum atomic E-state index is 5.61. The van der Waals surface area contributed by atoms with Crippen molar-refractivity contribution < 1.29 is 0 Å². The fourth-order valence-corrected chi connectivity index (χ4v) is 1.10. The number of aryl methyl sites for hydroxylation is 1. The van der Waals surface area contributed by atoms with E-state index in [9.17, 15) is 0 Å². The van der Waals surface area contributed by atoms with Crippen molar-refractivity contribution in [1.29, 1.82) is 0 Å². The second kappa shape index (κ2) is 4.56. The third-order valence-corrected chi connectivity index (χ3v) is 1.78. The maximum Gasteiger partial charge on any atom is 0.145 e. The topological polar surface area (TPSA) is 51.8 Å². The molecule has 2 rings (SSSR count). The highest BCUT2D eigenvalue weighted by Crippen LogP contribution is 2.12. The number of nitrogens with zero attached hydrogens (tertiary/aromatic N) is 2. The van der Waals surface area contributed by atoms with E-state index in [0.717, 1.165) is 16.7 Å². The third-order valence-electron chi connectivity index (χ3n) is 1.78. The first kappa shape index (κ1) is 10.4. The molecule has 74 valence electrons. The lowest BCUT2D eigenvalue weighted by Gasteiger charge is -2.00. The lowest BCUT2D eigenvalue weighted by molar-refractivity contribution is 1.20. The molecule has 1 heterocycles. The highest BCUT2D eigenvalue weighted by atomic mass is 14.9. The molecule has 0 radical (unpaired) electrons. The number of hydrogen-bond donors (Lipinski definition) is 1. The average Bonchev–Trinajstić information content (AvgIpc) is 2.23. The predicted molar refractivity (Wildman–Crippen MR) is 60.0 cm³/mol. The number of para-hydroxylation sites is 2. The standard InChI is InChI=1S/C9H9N3.C2H6/c1-6-9(10)12-8-5-3-2-4-7(8)11-6;1-2/h2-5H,1H3,(H2,10,12);1-2H3. The van der Waals surface area contributed by atoms with Gasteiger partial charge in [-0.15, -0.1) is 0 Å². The molecule has 3 nitrogen and oxygen atoms in total. The van der Waals surface area contributed by atoms with Crippen molar-refractivity contribution >= 4 is 16.9 Å². The van der Waals surface area contributed by atoms with E-state index in [4.69, 9.17) is 5.73 Å². The fourth-order valence-electron chi connectivity index (χ4n) is 1.10. The quantitative estimate of drug-likeness (QED) is 0.692. The first-order valence-electron chi connectivity index (χ1n) is 4.76. The molecule has 0 aliphatic carbocycles. The number of fused-ring (bicyclic) bond motifs is 1. The highest BCUT2D eigenvalue weighted by Gasteiger charge is 1.99. The zero-order chi connectivity index (χ0) is 10.6. The number of rotatable bonds is 0. The van der Waals surface area contributed by atoms with Crippen LogP contribution >= 0.6 is 0 Å². The number of nitrogen functional groups attached to an aromatic ring is 1. The Labute approximate surface area is 84.0 Å². The first-order chi connectivity index (χ1) is 6.77. The van der Waals surface area contributed by atoms with E-state index in [2.05, 4.69) is 9.97 Å². The van der Waals surface area contributed by atoms with Gasteiger partial charge in [0.15, 0.2) is 0 Å². The summed E-state index contributed by atoms with van der Waals surface area (Å²) in [4.78, 5) is 8.48. The molecule has 0 aliphatic rings. The summed E-state index contributed by atoms with van der Waals surface area (Å²) < 4.78 is 0. The Kier molecular flexibility index (Phi) is 3.40. The molecule has 3 heteroatoms. The molecular weight excluding hydrogens is 174 g/mol. The molecule has 0 fully saturated rings. The van der Waals surface area contributed by atoms with Gasteiger partial charge in [-0.1, -0.05) is 26.0 Å². The van der Waals surface area contributed by atoms with Crippen LogP contribution in [0.2, 0.25) is 0 Å². The molecule has 0 saturated carbocycles. The molecule has 0 aliphatic heterocycles. The van der Waals surface area contributed by atoms with Gasteiger partial charge < -0.3 is 5.73 Å². The predicted octanol–water partition coefficient (Wildman–Crippen LogP) is 2.55. The van der Waals surface area contributed by atoms with Crippen molar-refractivity contribution in [2.24, 2.45) is 0 Å². The van der Waals surface area contributed by atoms with Crippen LogP contribution in [0.4, 0.5) is 5.82 Å². The van der Waals surface area contributed by atoms with Crippen LogP contribution in [0.1, 0.15) is 19.5 Å². The normalized spacial score (nSPS) is 9.36. The Bertz CT molecular complexity index is 383. The largest absolute Gasteiger partial charge is 0.382 e. The van der Waals surface area contributed by atoms with Crippen LogP contribution in [0.3, 0.4) is 0 Å². The molecule has 1 aromatic heterocycles. The Morgan fingerprint density at radius 3 is 2.07 bits per heavy atom. The first-order valence-corrected chi connectivity index (χ1v) is 4.76. The molecule has 0 spiro atoms. The van der Waals surface area contributed by atoms with Gasteiger partial charge in [0.2, 0.25) is 0 Å². The summed E-state index contributed by atoms with van der Waals surface area (Å²) in [6.07, 6.45) is 0. The van der Waals surface area contributed by atoms with Crippen LogP contribution in [0, 0.1) is 6.92 Å². The van der Waals surface area contributed by atoms with E-state index in [0.29, 0.717) is 5.82 Å². The number of benzene rings is 1. The van der Waals surface area contributed by atoms with Crippen molar-refractivity contribution in [3.63, 3.8) is 0 Å². The minimum atomic E-state index is 0.508. The van der Waals surface area contributed by atoms with E-state index in [1.54, 1.807) is 0 Å². The summed E-state index contributed by atoms with van der Waals surface area (Å²) in [5.74, 6) is 0.508. The van der Waals surface area contributed by atoms with E-state index < -0.39 is 0 Å². The number of nitrogens with two attached hydrogens (primary N) is 1. The van der Waals surface area contributed by atoms with Gasteiger partial charge in [-0.25, -0.2) is 9.97 Å². The van der Waals surface area contributed by atoms with Gasteiger partial charge in [0, 0.05) is 0 Å². The second-order valence-corrected chi connectivity index (χ2v) is 2.68. The SMILES string of the molecule is CC.Cc1nc2ccccc2nc1N. The Morgan fingerprint density at radius 1 is 1.00 bits per heavy atom. The van der Waals surface area contributed by atoms with Crippen LogP contribution in [0.5, 0.6) is 0 Å². The van der Waals surface area contributed by atoms with E-state index >= 15 is 0 Å². The van der Waals surface area contributed by atoms with Gasteiger partial charge in [-0.3, -0.25) is 0 Å². The average molecular weight is 189 g/mol. The van der Waals surface area contributed by atoms with Gasteiger partial charge in [0.1, 0.15) is 5.82 Å². The van der Waals surface area contributed by atoms with Gasteiger partial charge in [-0.05, 0) is 19.1 Å². The zero-order valence-corrected chi connectivity index (χ0v) is 8.78. The monoisotopic (exact) mass is 189 g/mol. The van der Waals surface area contributed by atoms with E-state index in [1.165, 1.54) is 0 Å². The summed E-state index contributed by atoms with van der Waals surface area (Å²) in [6.45, 7) is 5.86. The molecule has 2 aromatic rings. The Balaban J connectivity index is 0.000000461. The van der Waals surface area contributed by atoms with Crippen molar-refractivity contribution in [2.45, 2.75) is 20.8 Å². The van der Waals surface area contributed by atoms with Crippen molar-refractivity contribution in [3.8, 4) is 0 Å². The lowest BCUT2D eigenvalue weighted by Crippen LogP contribution is -1.97. The summed E-state index contributed by atoms with van der Waals surface area (Å²) in [6, 6.07) is 7.69. The molecule has 0 bridgehead atoms. The Hall–Kier alpha value is -1.64. The van der Waals surface area contributed by atoms with Gasteiger partial charge in [-0.2, -0.15) is 0 Å². The van der Waals surface area contributed by atoms with E-state index in [1.807, 2.05) is 45.0 Å². The lowest BCUT2D eigenvalue weighted by atomic mass is 10.3. The molecule has 0 unspecified atom stereocenters. The van der Waals surface area contributed by atoms with Gasteiger partial charge >= 0.3 is 0 Å². The molecule has 0 amide bonds. The van der Waals surface area contributed by atoms with Crippen LogP contribution in [0.15, 0.2) is 24.3 Å². The third kappa shape index (κ3) is 1.99. The summed E-state index contributed by atoms with van der Waals surface area (Å²) >= 11 is 0. The van der Waals surface area contributed by atoms with Gasteiger partial charge in [0.05, 0.1) is 16.7 Å². The van der Waals surface area contributed by atoms with Crippen molar-refractivity contribution in [2.75, 3.05) is 5.73 Å². The Morgan fingerprint density at radius 2 is 1.50 bits per heavy atom. The van der Waals surface area contributed by atoms with Crippen LogP contribution in [-0.4, -0.2) is 9.97 Å².